The third-order valence-corrected chi connectivity index (χ3v) is 5.23. The molecule has 4 rings (SSSR count). The summed E-state index contributed by atoms with van der Waals surface area (Å²) in [5, 5.41) is 6.08. The van der Waals surface area contributed by atoms with Crippen molar-refractivity contribution in [2.45, 2.75) is 13.8 Å². The van der Waals surface area contributed by atoms with E-state index in [2.05, 4.69) is 25.6 Å². The zero-order valence-electron chi connectivity index (χ0n) is 20.6. The summed E-state index contributed by atoms with van der Waals surface area (Å²) in [7, 11) is 1.48. The van der Waals surface area contributed by atoms with Crippen LogP contribution in [0.5, 0.6) is 11.5 Å². The van der Waals surface area contributed by atoms with Crippen molar-refractivity contribution in [1.29, 1.82) is 0 Å². The smallest absolute Gasteiger partial charge is 0.308 e. The van der Waals surface area contributed by atoms with Gasteiger partial charge in [0.1, 0.15) is 0 Å². The molecule has 0 saturated carbocycles. The Bertz CT molecular complexity index is 1450. The van der Waals surface area contributed by atoms with Crippen molar-refractivity contribution < 1.29 is 19.1 Å². The fourth-order valence-corrected chi connectivity index (χ4v) is 3.43. The van der Waals surface area contributed by atoms with Crippen LogP contribution >= 0.6 is 0 Å². The highest BCUT2D eigenvalue weighted by molar-refractivity contribution is 6.02. The molecule has 37 heavy (non-hydrogen) atoms. The van der Waals surface area contributed by atoms with Gasteiger partial charge in [-0.25, -0.2) is 9.97 Å². The summed E-state index contributed by atoms with van der Waals surface area (Å²) < 4.78 is 10.4. The first kappa shape index (κ1) is 25.1. The van der Waals surface area contributed by atoms with Crippen molar-refractivity contribution in [3.05, 3.63) is 90.4 Å². The van der Waals surface area contributed by atoms with Gasteiger partial charge in [0.05, 0.1) is 12.8 Å². The molecule has 0 aliphatic heterocycles. The van der Waals surface area contributed by atoms with Crippen LogP contribution in [0.1, 0.15) is 18.1 Å². The van der Waals surface area contributed by atoms with E-state index in [0.29, 0.717) is 28.7 Å². The van der Waals surface area contributed by atoms with Crippen LogP contribution in [-0.2, 0) is 9.59 Å². The van der Waals surface area contributed by atoms with E-state index < -0.39 is 5.97 Å². The SMILES string of the molecule is COc1cc(/C=C/C(=O)Nc2ccc(C)c(Nc3nccc(-c4cccnc4)n3)c2)ccc1OC(C)=O. The maximum Gasteiger partial charge on any atom is 0.308 e. The summed E-state index contributed by atoms with van der Waals surface area (Å²) in [5.74, 6) is 0.375. The molecule has 1 amide bonds. The minimum absolute atomic E-state index is 0.311. The molecule has 0 spiro atoms. The van der Waals surface area contributed by atoms with E-state index >= 15 is 0 Å². The van der Waals surface area contributed by atoms with Gasteiger partial charge in [-0.3, -0.25) is 14.6 Å². The molecule has 9 nitrogen and oxygen atoms in total. The zero-order chi connectivity index (χ0) is 26.2. The highest BCUT2D eigenvalue weighted by atomic mass is 16.6. The number of aromatic nitrogens is 3. The molecule has 0 unspecified atom stereocenters. The number of carbonyl (C=O) groups is 2. The topological polar surface area (TPSA) is 115 Å². The van der Waals surface area contributed by atoms with Gasteiger partial charge in [-0.05, 0) is 66.6 Å². The Morgan fingerprint density at radius 2 is 1.86 bits per heavy atom. The molecule has 9 heteroatoms. The van der Waals surface area contributed by atoms with E-state index in [9.17, 15) is 9.59 Å². The lowest BCUT2D eigenvalue weighted by Crippen LogP contribution is -2.08. The fourth-order valence-electron chi connectivity index (χ4n) is 3.43. The Hall–Kier alpha value is -5.05. The molecule has 0 saturated heterocycles. The van der Waals surface area contributed by atoms with Crippen LogP contribution in [0.2, 0.25) is 0 Å². The summed E-state index contributed by atoms with van der Waals surface area (Å²) >= 11 is 0. The van der Waals surface area contributed by atoms with Gasteiger partial charge in [0.2, 0.25) is 11.9 Å². The average molecular weight is 496 g/mol. The third kappa shape index (κ3) is 6.76. The number of esters is 1. The second-order valence-corrected chi connectivity index (χ2v) is 7.99. The molecule has 0 atom stereocenters. The maximum atomic E-state index is 12.6. The predicted octanol–water partition coefficient (Wildman–Crippen LogP) is 5.18. The van der Waals surface area contributed by atoms with Gasteiger partial charge in [-0.2, -0.15) is 0 Å². The van der Waals surface area contributed by atoms with E-state index in [-0.39, 0.29) is 5.91 Å². The minimum Gasteiger partial charge on any atom is -0.493 e. The monoisotopic (exact) mass is 495 g/mol. The third-order valence-electron chi connectivity index (χ3n) is 5.23. The number of amides is 1. The molecule has 0 bridgehead atoms. The Kier molecular flexibility index (Phi) is 7.85. The lowest BCUT2D eigenvalue weighted by molar-refractivity contribution is -0.132. The number of hydrogen-bond acceptors (Lipinski definition) is 8. The normalized spacial score (nSPS) is 10.7. The number of ether oxygens (including phenoxy) is 2. The number of nitrogens with zero attached hydrogens (tertiary/aromatic N) is 3. The van der Waals surface area contributed by atoms with E-state index in [4.69, 9.17) is 9.47 Å². The number of hydrogen-bond donors (Lipinski definition) is 2. The molecule has 4 aromatic rings. The molecule has 0 fully saturated rings. The number of aryl methyl sites for hydroxylation is 1. The number of carbonyl (C=O) groups excluding carboxylic acids is 2. The molecule has 2 heterocycles. The van der Waals surface area contributed by atoms with Crippen molar-refractivity contribution in [2.24, 2.45) is 0 Å². The Morgan fingerprint density at radius 1 is 1.00 bits per heavy atom. The zero-order valence-corrected chi connectivity index (χ0v) is 20.6. The first-order valence-corrected chi connectivity index (χ1v) is 11.4. The first-order chi connectivity index (χ1) is 17.9. The van der Waals surface area contributed by atoms with Crippen LogP contribution in [-0.4, -0.2) is 33.9 Å². The van der Waals surface area contributed by atoms with Gasteiger partial charge in [0.15, 0.2) is 11.5 Å². The first-order valence-electron chi connectivity index (χ1n) is 11.4. The Balaban J connectivity index is 1.45. The molecule has 0 aliphatic rings. The molecular formula is C28H25N5O4. The van der Waals surface area contributed by atoms with E-state index in [0.717, 1.165) is 22.5 Å². The quantitative estimate of drug-likeness (QED) is 0.195. The van der Waals surface area contributed by atoms with Crippen LogP contribution in [0.25, 0.3) is 17.3 Å². The Morgan fingerprint density at radius 3 is 2.62 bits per heavy atom. The van der Waals surface area contributed by atoms with Crippen molar-refractivity contribution in [3.8, 4) is 22.8 Å². The van der Waals surface area contributed by atoms with E-state index in [1.807, 2.05) is 43.3 Å². The summed E-state index contributed by atoms with van der Waals surface area (Å²) in [4.78, 5) is 36.8. The fraction of sp³-hybridized carbons (Fsp3) is 0.107. The largest absolute Gasteiger partial charge is 0.493 e. The second kappa shape index (κ2) is 11.6. The van der Waals surface area contributed by atoms with Crippen LogP contribution in [0.4, 0.5) is 17.3 Å². The number of pyridine rings is 1. The molecule has 186 valence electrons. The average Bonchev–Trinajstić information content (AvgIpc) is 2.90. The minimum atomic E-state index is -0.444. The van der Waals surface area contributed by atoms with Crippen LogP contribution in [0.15, 0.2) is 79.3 Å². The number of benzene rings is 2. The van der Waals surface area contributed by atoms with Crippen LogP contribution < -0.4 is 20.1 Å². The lowest BCUT2D eigenvalue weighted by Gasteiger charge is -2.11. The van der Waals surface area contributed by atoms with Crippen LogP contribution in [0, 0.1) is 6.92 Å². The van der Waals surface area contributed by atoms with Gasteiger partial charge < -0.3 is 20.1 Å². The molecular weight excluding hydrogens is 470 g/mol. The van der Waals surface area contributed by atoms with Gasteiger partial charge in [-0.15, -0.1) is 0 Å². The van der Waals surface area contributed by atoms with Crippen molar-refractivity contribution in [2.75, 3.05) is 17.7 Å². The molecule has 0 radical (unpaired) electrons. The number of nitrogens with one attached hydrogen (secondary N) is 2. The van der Waals surface area contributed by atoms with Gasteiger partial charge in [-0.1, -0.05) is 12.1 Å². The van der Waals surface area contributed by atoms with Gasteiger partial charge >= 0.3 is 5.97 Å². The number of methoxy groups -OCH3 is 1. The summed E-state index contributed by atoms with van der Waals surface area (Å²) in [6.07, 6.45) is 8.18. The van der Waals surface area contributed by atoms with Crippen LogP contribution in [0.3, 0.4) is 0 Å². The maximum absolute atomic E-state index is 12.6. The summed E-state index contributed by atoms with van der Waals surface area (Å²) in [5.41, 5.74) is 4.67. The van der Waals surface area contributed by atoms with E-state index in [1.165, 1.54) is 20.1 Å². The number of anilines is 3. The number of rotatable bonds is 8. The van der Waals surface area contributed by atoms with Crippen molar-refractivity contribution in [3.63, 3.8) is 0 Å². The lowest BCUT2D eigenvalue weighted by atomic mass is 10.1. The van der Waals surface area contributed by atoms with Crippen molar-refractivity contribution >= 4 is 35.3 Å². The molecule has 2 N–H and O–H groups in total. The highest BCUT2D eigenvalue weighted by Gasteiger charge is 2.09. The summed E-state index contributed by atoms with van der Waals surface area (Å²) in [6, 6.07) is 16.1. The standard InChI is InChI=1S/C28H25N5O4/c1-18-6-9-22(16-24(18)33-28-30-14-12-23(32-28)21-5-4-13-29-17-21)31-27(35)11-8-20-7-10-25(37-19(2)34)26(15-20)36-3/h4-17H,1-3H3,(H,31,35)(H,30,32,33)/b11-8+. The van der Waals surface area contributed by atoms with Gasteiger partial charge in [0, 0.05) is 48.5 Å². The molecule has 2 aromatic carbocycles. The molecule has 0 aliphatic carbocycles. The Labute approximate surface area is 214 Å². The highest BCUT2D eigenvalue weighted by Crippen LogP contribution is 2.29. The van der Waals surface area contributed by atoms with Crippen molar-refractivity contribution in [1.82, 2.24) is 15.0 Å². The summed E-state index contributed by atoms with van der Waals surface area (Å²) in [6.45, 7) is 3.27. The molecule has 2 aromatic heterocycles. The van der Waals surface area contributed by atoms with Gasteiger partial charge in [0.25, 0.3) is 0 Å². The van der Waals surface area contributed by atoms with E-state index in [1.54, 1.807) is 42.9 Å². The predicted molar refractivity (Wildman–Crippen MR) is 142 cm³/mol. The second-order valence-electron chi connectivity index (χ2n) is 7.99.